The van der Waals surface area contributed by atoms with E-state index >= 15 is 0 Å². The number of para-hydroxylation sites is 3. The van der Waals surface area contributed by atoms with Crippen molar-refractivity contribution in [2.75, 3.05) is 10.2 Å². The van der Waals surface area contributed by atoms with Crippen molar-refractivity contribution in [2.45, 2.75) is 82.1 Å². The van der Waals surface area contributed by atoms with E-state index in [2.05, 4.69) is 178 Å². The quantitative estimate of drug-likeness (QED) is 0.169. The van der Waals surface area contributed by atoms with Crippen molar-refractivity contribution in [3.05, 3.63) is 167 Å². The van der Waals surface area contributed by atoms with E-state index in [9.17, 15) is 0 Å². The lowest BCUT2D eigenvalue weighted by Crippen LogP contribution is -2.57. The van der Waals surface area contributed by atoms with Gasteiger partial charge >= 0.3 is 0 Å². The van der Waals surface area contributed by atoms with E-state index in [4.69, 9.17) is 4.42 Å². The Kier molecular flexibility index (Phi) is 6.43. The fraction of sp³-hybridized carbons (Fsp3) is 0.236. The van der Waals surface area contributed by atoms with Gasteiger partial charge in [-0.1, -0.05) is 161 Å². The summed E-state index contributed by atoms with van der Waals surface area (Å²) in [5.41, 5.74) is 22.8. The molecule has 3 aliphatic heterocycles. The van der Waals surface area contributed by atoms with E-state index in [1.165, 1.54) is 108 Å². The maximum absolute atomic E-state index is 6.98. The number of furan rings is 1. The molecule has 0 amide bonds. The Morgan fingerprint density at radius 3 is 2.08 bits per heavy atom. The van der Waals surface area contributed by atoms with Gasteiger partial charge in [-0.15, -0.1) is 0 Å². The molecule has 1 N–H and O–H groups in total. The van der Waals surface area contributed by atoms with Crippen LogP contribution in [0.3, 0.4) is 0 Å². The monoisotopic (exact) mass is 762 g/mol. The minimum atomic E-state index is -0.484. The number of fused-ring (bicyclic) bond motifs is 17. The molecule has 1 aromatic heterocycles. The van der Waals surface area contributed by atoms with Crippen LogP contribution in [-0.4, -0.2) is 12.8 Å². The van der Waals surface area contributed by atoms with Gasteiger partial charge in [0.1, 0.15) is 11.2 Å². The molecule has 8 aromatic rings. The van der Waals surface area contributed by atoms with E-state index in [0.29, 0.717) is 0 Å². The molecule has 3 nitrogen and oxygen atoms in total. The summed E-state index contributed by atoms with van der Waals surface area (Å²) in [6.45, 7) is 12.3. The van der Waals surface area contributed by atoms with Gasteiger partial charge in [-0.05, 0) is 92.8 Å². The Morgan fingerprint density at radius 1 is 0.644 bits per heavy atom. The van der Waals surface area contributed by atoms with E-state index in [-0.39, 0.29) is 16.4 Å². The maximum Gasteiger partial charge on any atom is 0.198 e. The first-order chi connectivity index (χ1) is 28.6. The van der Waals surface area contributed by atoms with E-state index in [0.717, 1.165) is 30.6 Å². The molecule has 0 radical (unpaired) electrons. The standard InChI is InChI=1S/C55H47BN2O/c1-52(2,3)32-29-41-51-42(30-32)56-49-44(58(51)54(5)28-15-14-27-53(41,54)4)31-46-47(35-19-8-13-26-45(35)59-46)48(49)36-20-16-24-40-50(36)57-43-25-12-11-23-39(43)55(40)37-21-9-6-17-33(37)34-18-7-10-22-38(34)55/h6-13,16-26,29-31,56-57H,14-15,27-28H2,1-5H3. The molecule has 4 heteroatoms. The zero-order valence-electron chi connectivity index (χ0n) is 34.6. The average Bonchev–Trinajstić information content (AvgIpc) is 3.83. The van der Waals surface area contributed by atoms with Crippen LogP contribution in [0.25, 0.3) is 44.2 Å². The SMILES string of the molecule is CC(C)(C)c1cc2c3c(c1)C1(C)CCCCC1(C)N3c1cc3oc4ccccc4c3c(-c3cccc4c3Nc3ccccc3C43c4ccccc4-c4ccccc43)c1B2. The van der Waals surface area contributed by atoms with E-state index in [1.807, 2.05) is 0 Å². The molecular formula is C55H47BN2O. The second-order valence-electron chi connectivity index (χ2n) is 19.6. The van der Waals surface area contributed by atoms with Crippen LogP contribution in [0.4, 0.5) is 22.7 Å². The van der Waals surface area contributed by atoms with Crippen molar-refractivity contribution in [2.24, 2.45) is 0 Å². The van der Waals surface area contributed by atoms with Gasteiger partial charge in [0.2, 0.25) is 0 Å². The lowest BCUT2D eigenvalue weighted by molar-refractivity contribution is 0.195. The van der Waals surface area contributed by atoms with Crippen LogP contribution in [0.5, 0.6) is 0 Å². The predicted octanol–water partition coefficient (Wildman–Crippen LogP) is 12.4. The van der Waals surface area contributed by atoms with E-state index in [1.54, 1.807) is 5.56 Å². The largest absolute Gasteiger partial charge is 0.456 e. The van der Waals surface area contributed by atoms with Gasteiger partial charge in [-0.3, -0.25) is 0 Å². The Labute approximate surface area is 347 Å². The highest BCUT2D eigenvalue weighted by molar-refractivity contribution is 6.74. The van der Waals surface area contributed by atoms with Crippen molar-refractivity contribution in [3.8, 4) is 22.3 Å². The first-order valence-electron chi connectivity index (χ1n) is 21.8. The molecule has 59 heavy (non-hydrogen) atoms. The Hall–Kier alpha value is -6.00. The third-order valence-corrected chi connectivity index (χ3v) is 15.8. The second kappa shape index (κ2) is 11.2. The summed E-state index contributed by atoms with van der Waals surface area (Å²) in [7, 11) is 0.867. The summed E-state index contributed by atoms with van der Waals surface area (Å²) in [4.78, 5) is 2.82. The third kappa shape index (κ3) is 4.01. The van der Waals surface area contributed by atoms with Crippen LogP contribution in [0.2, 0.25) is 0 Å². The number of benzene rings is 7. The molecule has 4 heterocycles. The second-order valence-corrected chi connectivity index (χ2v) is 19.6. The number of rotatable bonds is 1. The molecule has 0 saturated heterocycles. The topological polar surface area (TPSA) is 28.4 Å². The molecule has 0 bridgehead atoms. The maximum atomic E-state index is 6.98. The zero-order chi connectivity index (χ0) is 39.6. The van der Waals surface area contributed by atoms with Crippen molar-refractivity contribution >= 4 is 62.9 Å². The molecule has 1 fully saturated rings. The number of nitrogens with one attached hydrogen (secondary N) is 1. The smallest absolute Gasteiger partial charge is 0.198 e. The summed E-state index contributed by atoms with van der Waals surface area (Å²) in [5, 5.41) is 6.51. The average molecular weight is 763 g/mol. The van der Waals surface area contributed by atoms with E-state index < -0.39 is 5.41 Å². The number of hydrogen-bond acceptors (Lipinski definition) is 3. The highest BCUT2D eigenvalue weighted by atomic mass is 16.3. The normalized spacial score (nSPS) is 21.2. The van der Waals surface area contributed by atoms with Crippen LogP contribution < -0.4 is 21.1 Å². The fourth-order valence-electron chi connectivity index (χ4n) is 12.9. The molecule has 13 rings (SSSR count). The Bertz CT molecular complexity index is 3120. The first-order valence-corrected chi connectivity index (χ1v) is 21.8. The zero-order valence-corrected chi connectivity index (χ0v) is 34.6. The van der Waals surface area contributed by atoms with Crippen molar-refractivity contribution in [1.82, 2.24) is 0 Å². The number of anilines is 4. The van der Waals surface area contributed by atoms with Crippen molar-refractivity contribution in [3.63, 3.8) is 0 Å². The highest BCUT2D eigenvalue weighted by Gasteiger charge is 2.60. The molecule has 2 atom stereocenters. The molecular weight excluding hydrogens is 715 g/mol. The minimum absolute atomic E-state index is 0.0339. The number of hydrogen-bond donors (Lipinski definition) is 1. The molecule has 1 spiro atoms. The van der Waals surface area contributed by atoms with Gasteiger partial charge in [0.25, 0.3) is 0 Å². The lowest BCUT2D eigenvalue weighted by atomic mass is 9.56. The molecule has 286 valence electrons. The van der Waals surface area contributed by atoms with Gasteiger partial charge in [0.05, 0.1) is 16.6 Å². The van der Waals surface area contributed by atoms with Gasteiger partial charge in [0, 0.05) is 44.9 Å². The Morgan fingerprint density at radius 2 is 1.31 bits per heavy atom. The molecule has 2 aliphatic carbocycles. The van der Waals surface area contributed by atoms with Gasteiger partial charge < -0.3 is 14.6 Å². The van der Waals surface area contributed by atoms with Crippen LogP contribution in [0, 0.1) is 0 Å². The lowest BCUT2D eigenvalue weighted by Gasteiger charge is -2.51. The Balaban J connectivity index is 1.17. The van der Waals surface area contributed by atoms with Gasteiger partial charge in [-0.2, -0.15) is 0 Å². The molecule has 5 aliphatic rings. The highest BCUT2D eigenvalue weighted by Crippen LogP contribution is 2.64. The minimum Gasteiger partial charge on any atom is -0.456 e. The first kappa shape index (κ1) is 33.9. The predicted molar refractivity (Wildman–Crippen MR) is 248 cm³/mol. The van der Waals surface area contributed by atoms with Gasteiger partial charge in [0.15, 0.2) is 7.28 Å². The van der Waals surface area contributed by atoms with Crippen LogP contribution in [-0.2, 0) is 16.2 Å². The summed E-state index contributed by atoms with van der Waals surface area (Å²) >= 11 is 0. The molecule has 7 aromatic carbocycles. The molecule has 1 saturated carbocycles. The van der Waals surface area contributed by atoms with Crippen molar-refractivity contribution < 1.29 is 4.42 Å². The number of nitrogens with zero attached hydrogens (tertiary/aromatic N) is 1. The molecule has 2 unspecified atom stereocenters. The third-order valence-electron chi connectivity index (χ3n) is 15.8. The van der Waals surface area contributed by atoms with Crippen LogP contribution >= 0.6 is 0 Å². The summed E-state index contributed by atoms with van der Waals surface area (Å²) in [5.74, 6) is 0. The summed E-state index contributed by atoms with van der Waals surface area (Å²) < 4.78 is 6.98. The fourth-order valence-corrected chi connectivity index (χ4v) is 12.9. The summed E-state index contributed by atoms with van der Waals surface area (Å²) in [6, 6.07) is 50.6. The summed E-state index contributed by atoms with van der Waals surface area (Å²) in [6.07, 6.45) is 4.88. The van der Waals surface area contributed by atoms with Crippen molar-refractivity contribution in [1.29, 1.82) is 0 Å². The van der Waals surface area contributed by atoms with Crippen LogP contribution in [0.1, 0.15) is 93.7 Å². The van der Waals surface area contributed by atoms with Gasteiger partial charge in [-0.25, -0.2) is 0 Å². The van der Waals surface area contributed by atoms with Crippen LogP contribution in [0.15, 0.2) is 138 Å².